The van der Waals surface area contributed by atoms with E-state index in [1.165, 1.54) is 4.88 Å². The van der Waals surface area contributed by atoms with Crippen molar-refractivity contribution in [3.63, 3.8) is 0 Å². The highest BCUT2D eigenvalue weighted by atomic mass is 32.1. The van der Waals surface area contributed by atoms with Crippen LogP contribution in [-0.2, 0) is 11.3 Å². The molecule has 0 unspecified atom stereocenters. The van der Waals surface area contributed by atoms with Gasteiger partial charge in [0.15, 0.2) is 0 Å². The minimum Gasteiger partial charge on any atom is -0.356 e. The first-order chi connectivity index (χ1) is 6.83. The number of carbonyl (C=O) groups excluding carboxylic acids is 1. The monoisotopic (exact) mass is 213 g/mol. The number of carbonyl (C=O) groups is 1. The van der Waals surface area contributed by atoms with Crippen molar-refractivity contribution in [3.8, 4) is 0 Å². The van der Waals surface area contributed by atoms with Crippen LogP contribution in [-0.4, -0.2) is 24.0 Å². The minimum absolute atomic E-state index is 0.101. The smallest absolute Gasteiger partial charge is 0.221 e. The summed E-state index contributed by atoms with van der Waals surface area (Å²) in [6.45, 7) is 4.13. The highest BCUT2D eigenvalue weighted by Crippen LogP contribution is 2.03. The molecule has 0 aliphatic carbocycles. The van der Waals surface area contributed by atoms with Crippen LogP contribution >= 0.6 is 11.3 Å². The van der Waals surface area contributed by atoms with Crippen molar-refractivity contribution in [2.45, 2.75) is 19.9 Å². The average Bonchev–Trinajstić information content (AvgIpc) is 2.65. The molecule has 0 radical (unpaired) electrons. The van der Waals surface area contributed by atoms with Gasteiger partial charge >= 0.3 is 0 Å². The Kier molecular flexibility index (Phi) is 5.17. The Morgan fingerprint density at radius 1 is 1.64 bits per heavy atom. The summed E-state index contributed by atoms with van der Waals surface area (Å²) in [5.41, 5.74) is 1.81. The summed E-state index contributed by atoms with van der Waals surface area (Å²) >= 11 is 1.62. The van der Waals surface area contributed by atoms with Gasteiger partial charge in [0, 0.05) is 37.1 Å². The minimum atomic E-state index is 0.101. The summed E-state index contributed by atoms with van der Waals surface area (Å²) < 4.78 is 0. The van der Waals surface area contributed by atoms with Crippen molar-refractivity contribution in [1.82, 2.24) is 15.6 Å². The predicted octanol–water partition coefficient (Wildman–Crippen LogP) is 0.759. The molecule has 14 heavy (non-hydrogen) atoms. The molecule has 0 saturated carbocycles. The van der Waals surface area contributed by atoms with Crippen molar-refractivity contribution in [2.24, 2.45) is 0 Å². The number of thiazole rings is 1. The zero-order chi connectivity index (χ0) is 10.2. The molecule has 0 atom stereocenters. The van der Waals surface area contributed by atoms with E-state index in [-0.39, 0.29) is 5.91 Å². The molecule has 2 N–H and O–H groups in total. The first-order valence-corrected chi connectivity index (χ1v) is 5.55. The zero-order valence-corrected chi connectivity index (χ0v) is 9.06. The number of aromatic nitrogens is 1. The maximum absolute atomic E-state index is 11.0. The van der Waals surface area contributed by atoms with E-state index in [2.05, 4.69) is 15.6 Å². The van der Waals surface area contributed by atoms with Gasteiger partial charge in [-0.2, -0.15) is 0 Å². The van der Waals surface area contributed by atoms with E-state index in [0.717, 1.165) is 6.54 Å². The molecule has 4 nitrogen and oxygen atoms in total. The molecular formula is C9H15N3OS. The van der Waals surface area contributed by atoms with Gasteiger partial charge in [-0.1, -0.05) is 0 Å². The second-order valence-corrected chi connectivity index (χ2v) is 3.82. The number of nitrogens with zero attached hydrogens (tertiary/aromatic N) is 1. The van der Waals surface area contributed by atoms with Crippen molar-refractivity contribution >= 4 is 17.2 Å². The molecule has 1 heterocycles. The van der Waals surface area contributed by atoms with E-state index < -0.39 is 0 Å². The topological polar surface area (TPSA) is 54.0 Å². The lowest BCUT2D eigenvalue weighted by Crippen LogP contribution is -2.27. The zero-order valence-electron chi connectivity index (χ0n) is 8.25. The van der Waals surface area contributed by atoms with Gasteiger partial charge in [-0.15, -0.1) is 11.3 Å². The van der Waals surface area contributed by atoms with Gasteiger partial charge in [-0.3, -0.25) is 9.78 Å². The summed E-state index contributed by atoms with van der Waals surface area (Å²) in [4.78, 5) is 16.2. The van der Waals surface area contributed by atoms with Crippen LogP contribution in [0.2, 0.25) is 0 Å². The Bertz CT molecular complexity index is 261. The Hall–Kier alpha value is -0.940. The Balaban J connectivity index is 2.02. The van der Waals surface area contributed by atoms with Gasteiger partial charge in [0.25, 0.3) is 0 Å². The molecule has 1 amide bonds. The third-order valence-corrected chi connectivity index (χ3v) is 2.47. The van der Waals surface area contributed by atoms with Gasteiger partial charge in [0.05, 0.1) is 5.51 Å². The molecule has 1 aromatic heterocycles. The lowest BCUT2D eigenvalue weighted by atomic mass is 10.4. The van der Waals surface area contributed by atoms with Gasteiger partial charge in [0.1, 0.15) is 0 Å². The van der Waals surface area contributed by atoms with Crippen LogP contribution in [0.25, 0.3) is 0 Å². The summed E-state index contributed by atoms with van der Waals surface area (Å²) in [7, 11) is 0. The van der Waals surface area contributed by atoms with Crippen LogP contribution in [0.3, 0.4) is 0 Å². The molecule has 0 fully saturated rings. The van der Waals surface area contributed by atoms with Crippen LogP contribution in [0.5, 0.6) is 0 Å². The fourth-order valence-electron chi connectivity index (χ4n) is 1.03. The van der Waals surface area contributed by atoms with E-state index in [9.17, 15) is 4.79 Å². The van der Waals surface area contributed by atoms with Crippen molar-refractivity contribution < 1.29 is 4.79 Å². The number of nitrogens with one attached hydrogen (secondary N) is 2. The van der Waals surface area contributed by atoms with Gasteiger partial charge in [-0.05, 0) is 6.92 Å². The Labute approximate surface area is 87.7 Å². The fourth-order valence-corrected chi connectivity index (χ4v) is 1.59. The number of hydrogen-bond donors (Lipinski definition) is 2. The summed E-state index contributed by atoms with van der Waals surface area (Å²) in [5, 5.41) is 5.94. The first kappa shape index (κ1) is 11.1. The Morgan fingerprint density at radius 2 is 2.50 bits per heavy atom. The standard InChI is InChI=1S/C9H15N3OS/c1-2-12-9(13)3-4-10-5-8-6-11-7-14-8/h6-7,10H,2-5H2,1H3,(H,12,13). The van der Waals surface area contributed by atoms with Gasteiger partial charge in [0.2, 0.25) is 5.91 Å². The SMILES string of the molecule is CCNC(=O)CCNCc1cncs1. The molecule has 1 rings (SSSR count). The van der Waals surface area contributed by atoms with E-state index >= 15 is 0 Å². The predicted molar refractivity (Wildman–Crippen MR) is 57.1 cm³/mol. The largest absolute Gasteiger partial charge is 0.356 e. The second-order valence-electron chi connectivity index (χ2n) is 2.85. The molecule has 0 spiro atoms. The third kappa shape index (κ3) is 4.34. The number of rotatable bonds is 6. The maximum atomic E-state index is 11.0. The maximum Gasteiger partial charge on any atom is 0.221 e. The van der Waals surface area contributed by atoms with Crippen LogP contribution in [0.4, 0.5) is 0 Å². The van der Waals surface area contributed by atoms with Crippen molar-refractivity contribution in [1.29, 1.82) is 0 Å². The van der Waals surface area contributed by atoms with E-state index in [1.807, 2.05) is 13.1 Å². The number of amides is 1. The van der Waals surface area contributed by atoms with Crippen LogP contribution in [0.15, 0.2) is 11.7 Å². The summed E-state index contributed by atoms with van der Waals surface area (Å²) in [6.07, 6.45) is 2.37. The molecular weight excluding hydrogens is 198 g/mol. The molecule has 0 aliphatic heterocycles. The molecule has 5 heteroatoms. The van der Waals surface area contributed by atoms with Crippen LogP contribution < -0.4 is 10.6 Å². The average molecular weight is 213 g/mol. The highest BCUT2D eigenvalue weighted by molar-refractivity contribution is 7.09. The quantitative estimate of drug-likeness (QED) is 0.686. The van der Waals surface area contributed by atoms with E-state index in [4.69, 9.17) is 0 Å². The van der Waals surface area contributed by atoms with Crippen molar-refractivity contribution in [2.75, 3.05) is 13.1 Å². The summed E-state index contributed by atoms with van der Waals surface area (Å²) in [6, 6.07) is 0. The lowest BCUT2D eigenvalue weighted by Gasteiger charge is -2.02. The van der Waals surface area contributed by atoms with Gasteiger partial charge in [-0.25, -0.2) is 0 Å². The normalized spacial score (nSPS) is 10.1. The molecule has 0 saturated heterocycles. The highest BCUT2D eigenvalue weighted by Gasteiger charge is 1.98. The number of hydrogen-bond acceptors (Lipinski definition) is 4. The van der Waals surface area contributed by atoms with E-state index in [1.54, 1.807) is 16.8 Å². The lowest BCUT2D eigenvalue weighted by molar-refractivity contribution is -0.120. The van der Waals surface area contributed by atoms with Crippen LogP contribution in [0.1, 0.15) is 18.2 Å². The molecule has 0 bridgehead atoms. The van der Waals surface area contributed by atoms with E-state index in [0.29, 0.717) is 19.5 Å². The fraction of sp³-hybridized carbons (Fsp3) is 0.556. The summed E-state index contributed by atoms with van der Waals surface area (Å²) in [5.74, 6) is 0.101. The molecule has 0 aromatic carbocycles. The third-order valence-electron chi connectivity index (χ3n) is 1.69. The molecule has 78 valence electrons. The first-order valence-electron chi connectivity index (χ1n) is 4.67. The molecule has 0 aliphatic rings. The Morgan fingerprint density at radius 3 is 3.14 bits per heavy atom. The van der Waals surface area contributed by atoms with Crippen molar-refractivity contribution in [3.05, 3.63) is 16.6 Å². The van der Waals surface area contributed by atoms with Gasteiger partial charge < -0.3 is 10.6 Å². The second kappa shape index (κ2) is 6.50. The van der Waals surface area contributed by atoms with Crippen LogP contribution in [0, 0.1) is 0 Å². The molecule has 1 aromatic rings.